The van der Waals surface area contributed by atoms with Gasteiger partial charge in [-0.15, -0.1) is 0 Å². The number of ketones is 1. The standard InChI is InChI=1S/C24H28N2O4/c1-4-5-19-6-11-22(23(16-19)29-3)30-17-24(28)26-14-12-25(13-15-26)21-9-7-20(8-10-21)18(2)27/h4-11,16H,12-15,17H2,1-3H3/b5-4+. The molecule has 0 spiro atoms. The van der Waals surface area contributed by atoms with Crippen LogP contribution in [0.1, 0.15) is 29.8 Å². The number of allylic oxidation sites excluding steroid dienone is 1. The number of anilines is 1. The maximum atomic E-state index is 12.6. The lowest BCUT2D eigenvalue weighted by molar-refractivity contribution is -0.133. The first-order valence-electron chi connectivity index (χ1n) is 10.1. The summed E-state index contributed by atoms with van der Waals surface area (Å²) in [7, 11) is 1.59. The Morgan fingerprint density at radius 3 is 2.30 bits per heavy atom. The predicted molar refractivity (Wildman–Crippen MR) is 118 cm³/mol. The van der Waals surface area contributed by atoms with E-state index in [1.807, 2.05) is 66.4 Å². The minimum atomic E-state index is -0.0406. The van der Waals surface area contributed by atoms with Crippen molar-refractivity contribution in [1.29, 1.82) is 0 Å². The van der Waals surface area contributed by atoms with Crippen molar-refractivity contribution in [2.75, 3.05) is 44.8 Å². The molecule has 6 nitrogen and oxygen atoms in total. The van der Waals surface area contributed by atoms with Crippen molar-refractivity contribution in [1.82, 2.24) is 4.90 Å². The Hall–Kier alpha value is -3.28. The third kappa shape index (κ3) is 5.20. The van der Waals surface area contributed by atoms with Crippen molar-refractivity contribution in [3.8, 4) is 11.5 Å². The number of Topliss-reactive ketones (excluding diaryl/α,β-unsaturated/α-hetero) is 1. The second-order valence-electron chi connectivity index (χ2n) is 7.17. The van der Waals surface area contributed by atoms with Crippen LogP contribution in [0.25, 0.3) is 6.08 Å². The largest absolute Gasteiger partial charge is 0.493 e. The number of ether oxygens (including phenoxy) is 2. The molecular weight excluding hydrogens is 380 g/mol. The summed E-state index contributed by atoms with van der Waals surface area (Å²) in [4.78, 5) is 28.1. The van der Waals surface area contributed by atoms with Crippen LogP contribution in [0, 0.1) is 0 Å². The topological polar surface area (TPSA) is 59.1 Å². The van der Waals surface area contributed by atoms with Gasteiger partial charge in [0.25, 0.3) is 5.91 Å². The highest BCUT2D eigenvalue weighted by atomic mass is 16.5. The van der Waals surface area contributed by atoms with Crippen LogP contribution in [0.4, 0.5) is 5.69 Å². The first kappa shape index (κ1) is 21.4. The molecule has 0 N–H and O–H groups in total. The number of amides is 1. The number of rotatable bonds is 7. The van der Waals surface area contributed by atoms with E-state index in [0.717, 1.165) is 24.3 Å². The second kappa shape index (κ2) is 9.96. The molecule has 0 radical (unpaired) electrons. The summed E-state index contributed by atoms with van der Waals surface area (Å²) in [5, 5.41) is 0. The molecule has 1 saturated heterocycles. The Morgan fingerprint density at radius 2 is 1.70 bits per heavy atom. The zero-order chi connectivity index (χ0) is 21.5. The van der Waals surface area contributed by atoms with E-state index in [4.69, 9.17) is 9.47 Å². The highest BCUT2D eigenvalue weighted by Gasteiger charge is 2.22. The smallest absolute Gasteiger partial charge is 0.260 e. The van der Waals surface area contributed by atoms with Gasteiger partial charge in [-0.05, 0) is 55.8 Å². The summed E-state index contributed by atoms with van der Waals surface area (Å²) in [5.41, 5.74) is 2.79. The zero-order valence-corrected chi connectivity index (χ0v) is 17.8. The number of hydrogen-bond acceptors (Lipinski definition) is 5. The molecule has 0 saturated carbocycles. The van der Waals surface area contributed by atoms with Crippen LogP contribution in [0.15, 0.2) is 48.5 Å². The third-order valence-corrected chi connectivity index (χ3v) is 5.17. The first-order valence-corrected chi connectivity index (χ1v) is 10.1. The van der Waals surface area contributed by atoms with Gasteiger partial charge in [0.05, 0.1) is 7.11 Å². The van der Waals surface area contributed by atoms with Crippen LogP contribution in [0.5, 0.6) is 11.5 Å². The van der Waals surface area contributed by atoms with Crippen LogP contribution in [0.3, 0.4) is 0 Å². The van der Waals surface area contributed by atoms with Crippen LogP contribution in [-0.2, 0) is 4.79 Å². The molecule has 0 bridgehead atoms. The van der Waals surface area contributed by atoms with Gasteiger partial charge in [0.1, 0.15) is 0 Å². The SMILES string of the molecule is C/C=C/c1ccc(OCC(=O)N2CCN(c3ccc(C(C)=O)cc3)CC2)c(OC)c1. The minimum Gasteiger partial charge on any atom is -0.493 e. The molecule has 0 aliphatic carbocycles. The third-order valence-electron chi connectivity index (χ3n) is 5.17. The van der Waals surface area contributed by atoms with Gasteiger partial charge in [-0.1, -0.05) is 18.2 Å². The molecule has 0 atom stereocenters. The Morgan fingerprint density at radius 1 is 1.00 bits per heavy atom. The molecule has 0 unspecified atom stereocenters. The average Bonchev–Trinajstić information content (AvgIpc) is 2.78. The van der Waals surface area contributed by atoms with E-state index in [0.29, 0.717) is 30.2 Å². The zero-order valence-electron chi connectivity index (χ0n) is 17.8. The lowest BCUT2D eigenvalue weighted by Gasteiger charge is -2.36. The van der Waals surface area contributed by atoms with Crippen LogP contribution in [-0.4, -0.2) is 56.5 Å². The lowest BCUT2D eigenvalue weighted by Crippen LogP contribution is -2.50. The molecule has 2 aromatic rings. The lowest BCUT2D eigenvalue weighted by atomic mass is 10.1. The van der Waals surface area contributed by atoms with Gasteiger partial charge in [0.2, 0.25) is 0 Å². The highest BCUT2D eigenvalue weighted by Crippen LogP contribution is 2.28. The number of piperazine rings is 1. The Kier molecular flexibility index (Phi) is 7.12. The molecule has 1 heterocycles. The molecule has 1 aliphatic heterocycles. The number of carbonyl (C=O) groups is 2. The second-order valence-corrected chi connectivity index (χ2v) is 7.17. The van der Waals surface area contributed by atoms with E-state index >= 15 is 0 Å². The number of nitrogens with zero attached hydrogens (tertiary/aromatic N) is 2. The van der Waals surface area contributed by atoms with Crippen molar-refractivity contribution >= 4 is 23.5 Å². The Labute approximate surface area is 177 Å². The van der Waals surface area contributed by atoms with Crippen LogP contribution >= 0.6 is 0 Å². The van der Waals surface area contributed by atoms with E-state index < -0.39 is 0 Å². The van der Waals surface area contributed by atoms with Crippen LogP contribution < -0.4 is 14.4 Å². The summed E-state index contributed by atoms with van der Waals surface area (Å²) in [5.74, 6) is 1.19. The molecule has 1 fully saturated rings. The number of hydrogen-bond donors (Lipinski definition) is 0. The van der Waals surface area contributed by atoms with Crippen molar-refractivity contribution in [3.05, 3.63) is 59.7 Å². The van der Waals surface area contributed by atoms with E-state index in [1.165, 1.54) is 0 Å². The van der Waals surface area contributed by atoms with Gasteiger partial charge in [0.15, 0.2) is 23.9 Å². The highest BCUT2D eigenvalue weighted by molar-refractivity contribution is 5.94. The van der Waals surface area contributed by atoms with Gasteiger partial charge >= 0.3 is 0 Å². The summed E-state index contributed by atoms with van der Waals surface area (Å²) in [6.07, 6.45) is 3.93. The number of carbonyl (C=O) groups excluding carboxylic acids is 2. The average molecular weight is 408 g/mol. The van der Waals surface area contributed by atoms with Gasteiger partial charge in [-0.2, -0.15) is 0 Å². The Bertz CT molecular complexity index is 913. The van der Waals surface area contributed by atoms with Gasteiger partial charge < -0.3 is 19.3 Å². The maximum absolute atomic E-state index is 12.6. The molecule has 3 rings (SSSR count). The molecule has 6 heteroatoms. The molecule has 158 valence electrons. The molecular formula is C24H28N2O4. The molecule has 1 amide bonds. The fourth-order valence-corrected chi connectivity index (χ4v) is 3.45. The fraction of sp³-hybridized carbons (Fsp3) is 0.333. The minimum absolute atomic E-state index is 0.0212. The molecule has 0 aromatic heterocycles. The van der Waals surface area contributed by atoms with Crippen molar-refractivity contribution < 1.29 is 19.1 Å². The quantitative estimate of drug-likeness (QED) is 0.655. The van der Waals surface area contributed by atoms with Gasteiger partial charge in [-0.3, -0.25) is 9.59 Å². The van der Waals surface area contributed by atoms with Crippen molar-refractivity contribution in [2.45, 2.75) is 13.8 Å². The first-order chi connectivity index (χ1) is 14.5. The number of methoxy groups -OCH3 is 1. The summed E-state index contributed by atoms with van der Waals surface area (Å²) in [6, 6.07) is 13.2. The van der Waals surface area contributed by atoms with E-state index in [2.05, 4.69) is 4.90 Å². The monoisotopic (exact) mass is 408 g/mol. The summed E-state index contributed by atoms with van der Waals surface area (Å²) < 4.78 is 11.1. The van der Waals surface area contributed by atoms with Crippen LogP contribution in [0.2, 0.25) is 0 Å². The van der Waals surface area contributed by atoms with Gasteiger partial charge in [0, 0.05) is 37.4 Å². The van der Waals surface area contributed by atoms with Crippen molar-refractivity contribution in [3.63, 3.8) is 0 Å². The van der Waals surface area contributed by atoms with E-state index in [-0.39, 0.29) is 18.3 Å². The molecule has 30 heavy (non-hydrogen) atoms. The van der Waals surface area contributed by atoms with E-state index in [9.17, 15) is 9.59 Å². The molecule has 1 aliphatic rings. The molecule has 2 aromatic carbocycles. The van der Waals surface area contributed by atoms with Gasteiger partial charge in [-0.25, -0.2) is 0 Å². The summed E-state index contributed by atoms with van der Waals surface area (Å²) in [6.45, 7) is 6.25. The Balaban J connectivity index is 1.52. The van der Waals surface area contributed by atoms with E-state index in [1.54, 1.807) is 14.0 Å². The fourth-order valence-electron chi connectivity index (χ4n) is 3.45. The summed E-state index contributed by atoms with van der Waals surface area (Å²) >= 11 is 0. The predicted octanol–water partition coefficient (Wildman–Crippen LogP) is 3.66. The normalized spacial score (nSPS) is 14.1. The number of benzene rings is 2. The van der Waals surface area contributed by atoms with Crippen molar-refractivity contribution in [2.24, 2.45) is 0 Å². The maximum Gasteiger partial charge on any atom is 0.260 e.